The molecule has 0 saturated carbocycles. The Labute approximate surface area is 119 Å². The number of hydrogen-bond donors (Lipinski definition) is 1. The van der Waals surface area contributed by atoms with Crippen molar-refractivity contribution < 1.29 is 9.53 Å². The topological polar surface area (TPSA) is 94.3 Å². The molecule has 3 heterocycles. The summed E-state index contributed by atoms with van der Waals surface area (Å²) in [6.07, 6.45) is 2.88. The van der Waals surface area contributed by atoms with Crippen molar-refractivity contribution in [1.82, 2.24) is 24.4 Å². The Morgan fingerprint density at radius 2 is 2.14 bits per heavy atom. The number of carbonyl (C=O) groups is 1. The third-order valence-corrected chi connectivity index (χ3v) is 3.27. The molecule has 0 fully saturated rings. The van der Waals surface area contributed by atoms with Gasteiger partial charge in [0.2, 0.25) is 0 Å². The fraction of sp³-hybridized carbons (Fsp3) is 0.231. The van der Waals surface area contributed by atoms with E-state index in [4.69, 9.17) is 4.74 Å². The summed E-state index contributed by atoms with van der Waals surface area (Å²) in [4.78, 5) is 27.9. The van der Waals surface area contributed by atoms with E-state index in [2.05, 4.69) is 15.2 Å². The Bertz CT molecular complexity index is 902. The van der Waals surface area contributed by atoms with Gasteiger partial charge in [0.05, 0.1) is 12.7 Å². The van der Waals surface area contributed by atoms with Crippen molar-refractivity contribution in [3.63, 3.8) is 0 Å². The van der Waals surface area contributed by atoms with E-state index in [1.165, 1.54) is 28.7 Å². The van der Waals surface area contributed by atoms with Crippen LogP contribution in [0.1, 0.15) is 21.6 Å². The van der Waals surface area contributed by atoms with Gasteiger partial charge in [0.25, 0.3) is 5.56 Å². The molecule has 3 rings (SSSR count). The number of fused-ring (bicyclic) bond motifs is 1. The van der Waals surface area contributed by atoms with Crippen molar-refractivity contribution in [2.24, 2.45) is 0 Å². The third-order valence-electron chi connectivity index (χ3n) is 3.27. The van der Waals surface area contributed by atoms with E-state index in [-0.39, 0.29) is 5.56 Å². The molecule has 108 valence electrons. The van der Waals surface area contributed by atoms with Crippen LogP contribution in [-0.4, -0.2) is 37.5 Å². The second-order valence-electron chi connectivity index (χ2n) is 4.65. The van der Waals surface area contributed by atoms with Crippen LogP contribution in [0.5, 0.6) is 0 Å². The highest BCUT2D eigenvalue weighted by atomic mass is 16.5. The average molecular weight is 287 g/mol. The quantitative estimate of drug-likeness (QED) is 0.697. The standard InChI is InChI=1S/C13H13N5O3/c1-7-4-10(19)18(16-7)12-11-8(2)9(13(20)21-3)5-17(11)15-6-14-12/h4-6,16H,1-3H3. The molecule has 0 spiro atoms. The summed E-state index contributed by atoms with van der Waals surface area (Å²) in [6.45, 7) is 3.54. The molecule has 0 amide bonds. The number of H-pyrrole nitrogens is 1. The number of carbonyl (C=O) groups excluding carboxylic acids is 1. The molecule has 21 heavy (non-hydrogen) atoms. The third kappa shape index (κ3) is 1.92. The zero-order valence-electron chi connectivity index (χ0n) is 11.7. The molecule has 0 aliphatic rings. The molecule has 1 N–H and O–H groups in total. The van der Waals surface area contributed by atoms with Crippen LogP contribution in [0.2, 0.25) is 0 Å². The van der Waals surface area contributed by atoms with Crippen molar-refractivity contribution in [3.8, 4) is 5.82 Å². The van der Waals surface area contributed by atoms with E-state index in [0.717, 1.165) is 0 Å². The van der Waals surface area contributed by atoms with E-state index >= 15 is 0 Å². The van der Waals surface area contributed by atoms with Crippen LogP contribution in [0.25, 0.3) is 11.3 Å². The van der Waals surface area contributed by atoms with Crippen LogP contribution in [0.15, 0.2) is 23.4 Å². The fourth-order valence-corrected chi connectivity index (χ4v) is 2.29. The van der Waals surface area contributed by atoms with Crippen LogP contribution in [0.4, 0.5) is 0 Å². The highest BCUT2D eigenvalue weighted by Gasteiger charge is 2.19. The van der Waals surface area contributed by atoms with Gasteiger partial charge >= 0.3 is 5.97 Å². The normalized spacial score (nSPS) is 11.0. The minimum Gasteiger partial charge on any atom is -0.465 e. The second kappa shape index (κ2) is 4.58. The van der Waals surface area contributed by atoms with E-state index in [0.29, 0.717) is 28.2 Å². The van der Waals surface area contributed by atoms with Crippen LogP contribution in [0, 0.1) is 13.8 Å². The second-order valence-corrected chi connectivity index (χ2v) is 4.65. The lowest BCUT2D eigenvalue weighted by Crippen LogP contribution is -2.16. The van der Waals surface area contributed by atoms with E-state index < -0.39 is 5.97 Å². The van der Waals surface area contributed by atoms with E-state index in [9.17, 15) is 9.59 Å². The van der Waals surface area contributed by atoms with E-state index in [1.54, 1.807) is 20.0 Å². The number of methoxy groups -OCH3 is 1. The Balaban J connectivity index is 2.35. The smallest absolute Gasteiger partial charge is 0.339 e. The van der Waals surface area contributed by atoms with Gasteiger partial charge in [0.15, 0.2) is 5.82 Å². The average Bonchev–Trinajstić information content (AvgIpc) is 2.98. The maximum absolute atomic E-state index is 12.0. The number of rotatable bonds is 2. The molecule has 0 aliphatic carbocycles. The molecule has 0 aromatic carbocycles. The van der Waals surface area contributed by atoms with Gasteiger partial charge in [-0.15, -0.1) is 0 Å². The number of hydrogen-bond acceptors (Lipinski definition) is 5. The van der Waals surface area contributed by atoms with Crippen molar-refractivity contribution in [2.75, 3.05) is 7.11 Å². The Morgan fingerprint density at radius 1 is 1.38 bits per heavy atom. The van der Waals surface area contributed by atoms with Crippen LogP contribution in [0.3, 0.4) is 0 Å². The van der Waals surface area contributed by atoms with Crippen molar-refractivity contribution in [2.45, 2.75) is 13.8 Å². The molecule has 3 aromatic rings. The zero-order valence-corrected chi connectivity index (χ0v) is 11.7. The highest BCUT2D eigenvalue weighted by Crippen LogP contribution is 2.21. The number of nitrogens with zero attached hydrogens (tertiary/aromatic N) is 4. The van der Waals surface area contributed by atoms with E-state index in [1.807, 2.05) is 0 Å². The van der Waals surface area contributed by atoms with Gasteiger partial charge in [-0.25, -0.2) is 14.3 Å². The van der Waals surface area contributed by atoms with Gasteiger partial charge in [0.1, 0.15) is 11.8 Å². The number of aryl methyl sites for hydroxylation is 2. The highest BCUT2D eigenvalue weighted by molar-refractivity contribution is 5.94. The SMILES string of the molecule is COC(=O)c1cn2ncnc(-n3[nH]c(C)cc3=O)c2c1C. The maximum Gasteiger partial charge on any atom is 0.339 e. The number of aromatic nitrogens is 5. The first-order valence-electron chi connectivity index (χ1n) is 6.23. The molecular formula is C13H13N5O3. The zero-order chi connectivity index (χ0) is 15.1. The van der Waals surface area contributed by atoms with Crippen molar-refractivity contribution in [3.05, 3.63) is 45.8 Å². The molecule has 8 nitrogen and oxygen atoms in total. The number of ether oxygens (including phenoxy) is 1. The van der Waals surface area contributed by atoms with Crippen molar-refractivity contribution in [1.29, 1.82) is 0 Å². The monoisotopic (exact) mass is 287 g/mol. The minimum absolute atomic E-state index is 0.228. The summed E-state index contributed by atoms with van der Waals surface area (Å²) in [7, 11) is 1.32. The molecule has 0 atom stereocenters. The van der Waals surface area contributed by atoms with Gasteiger partial charge in [-0.1, -0.05) is 0 Å². The number of aromatic amines is 1. The maximum atomic E-state index is 12.0. The first kappa shape index (κ1) is 13.1. The lowest BCUT2D eigenvalue weighted by Gasteiger charge is -2.04. The molecule has 0 unspecified atom stereocenters. The van der Waals surface area contributed by atoms with Gasteiger partial charge in [-0.2, -0.15) is 9.78 Å². The lowest BCUT2D eigenvalue weighted by atomic mass is 10.2. The molecule has 0 radical (unpaired) electrons. The first-order chi connectivity index (χ1) is 10.0. The summed E-state index contributed by atoms with van der Waals surface area (Å²) in [5.74, 6) is -0.0743. The van der Waals surface area contributed by atoms with Gasteiger partial charge in [-0.3, -0.25) is 9.89 Å². The summed E-state index contributed by atoms with van der Waals surface area (Å²) in [5, 5.41) is 6.99. The largest absolute Gasteiger partial charge is 0.465 e. The summed E-state index contributed by atoms with van der Waals surface area (Å²) < 4.78 is 7.57. The molecule has 0 bridgehead atoms. The summed E-state index contributed by atoms with van der Waals surface area (Å²) in [6, 6.07) is 1.47. The van der Waals surface area contributed by atoms with Crippen LogP contribution in [-0.2, 0) is 4.74 Å². The Hall–Kier alpha value is -2.90. The predicted molar refractivity (Wildman–Crippen MR) is 73.7 cm³/mol. The minimum atomic E-state index is -0.459. The fourth-order valence-electron chi connectivity index (χ4n) is 2.29. The number of esters is 1. The lowest BCUT2D eigenvalue weighted by molar-refractivity contribution is 0.0600. The summed E-state index contributed by atoms with van der Waals surface area (Å²) >= 11 is 0. The molecule has 0 saturated heterocycles. The Kier molecular flexibility index (Phi) is 2.86. The van der Waals surface area contributed by atoms with Crippen LogP contribution >= 0.6 is 0 Å². The number of nitrogens with one attached hydrogen (secondary N) is 1. The molecule has 0 aliphatic heterocycles. The Morgan fingerprint density at radius 3 is 2.76 bits per heavy atom. The van der Waals surface area contributed by atoms with Crippen LogP contribution < -0.4 is 5.56 Å². The molecule has 8 heteroatoms. The van der Waals surface area contributed by atoms with Gasteiger partial charge < -0.3 is 4.74 Å². The molecular weight excluding hydrogens is 274 g/mol. The molecule has 3 aromatic heterocycles. The summed E-state index contributed by atoms with van der Waals surface area (Å²) in [5.41, 5.74) is 2.09. The van der Waals surface area contributed by atoms with Crippen molar-refractivity contribution >= 4 is 11.5 Å². The van der Waals surface area contributed by atoms with Gasteiger partial charge in [-0.05, 0) is 19.4 Å². The predicted octanol–water partition coefficient (Wildman–Crippen LogP) is 0.612. The van der Waals surface area contributed by atoms with Gasteiger partial charge in [0, 0.05) is 18.0 Å². The first-order valence-corrected chi connectivity index (χ1v) is 6.23.